The Morgan fingerprint density at radius 2 is 1.95 bits per heavy atom. The summed E-state index contributed by atoms with van der Waals surface area (Å²) in [5.41, 5.74) is 2.60. The molecule has 21 heavy (non-hydrogen) atoms. The van der Waals surface area contributed by atoms with Gasteiger partial charge in [0.05, 0.1) is 11.9 Å². The number of pyridine rings is 1. The Morgan fingerprint density at radius 3 is 2.67 bits per heavy atom. The summed E-state index contributed by atoms with van der Waals surface area (Å²) < 4.78 is 2.16. The van der Waals surface area contributed by atoms with Crippen LogP contribution in [0.1, 0.15) is 46.2 Å². The monoisotopic (exact) mass is 286 g/mol. The van der Waals surface area contributed by atoms with Crippen molar-refractivity contribution in [2.45, 2.75) is 64.2 Å². The number of hydrogen-bond acceptors (Lipinski definition) is 3. The molecule has 2 aromatic rings. The van der Waals surface area contributed by atoms with E-state index < -0.39 is 0 Å². The molecule has 0 unspecified atom stereocenters. The van der Waals surface area contributed by atoms with Crippen LogP contribution in [0.3, 0.4) is 0 Å². The average Bonchev–Trinajstić information content (AvgIpc) is 2.76. The molecule has 0 aliphatic carbocycles. The first-order chi connectivity index (χ1) is 9.85. The Kier molecular flexibility index (Phi) is 3.54. The van der Waals surface area contributed by atoms with Crippen molar-refractivity contribution in [3.8, 4) is 0 Å². The van der Waals surface area contributed by atoms with Gasteiger partial charge in [-0.3, -0.25) is 0 Å². The predicted molar refractivity (Wildman–Crippen MR) is 86.3 cm³/mol. The van der Waals surface area contributed by atoms with E-state index in [1.807, 2.05) is 18.3 Å². The number of piperidine rings is 1. The van der Waals surface area contributed by atoms with E-state index in [4.69, 9.17) is 0 Å². The third-order valence-electron chi connectivity index (χ3n) is 4.26. The lowest BCUT2D eigenvalue weighted by molar-refractivity contribution is 0.145. The van der Waals surface area contributed by atoms with Crippen molar-refractivity contribution < 1.29 is 0 Å². The SMILES string of the molecule is CC1(C)CC(NCc2cnc3ccccn23)CC(C)(C)N1. The zero-order valence-corrected chi connectivity index (χ0v) is 13.5. The molecule has 1 aliphatic heterocycles. The van der Waals surface area contributed by atoms with Gasteiger partial charge in [0.2, 0.25) is 0 Å². The largest absolute Gasteiger partial charge is 0.308 e. The summed E-state index contributed by atoms with van der Waals surface area (Å²) >= 11 is 0. The highest BCUT2D eigenvalue weighted by molar-refractivity contribution is 5.39. The molecular weight excluding hydrogens is 260 g/mol. The Labute approximate surface area is 127 Å². The maximum Gasteiger partial charge on any atom is 0.136 e. The van der Waals surface area contributed by atoms with Crippen LogP contribution in [-0.4, -0.2) is 26.5 Å². The second-order valence-corrected chi connectivity index (χ2v) is 7.56. The molecule has 3 rings (SSSR count). The van der Waals surface area contributed by atoms with Gasteiger partial charge in [0.1, 0.15) is 5.65 Å². The maximum absolute atomic E-state index is 4.45. The lowest BCUT2D eigenvalue weighted by Gasteiger charge is -2.46. The zero-order valence-electron chi connectivity index (χ0n) is 13.5. The molecule has 114 valence electrons. The summed E-state index contributed by atoms with van der Waals surface area (Å²) in [6.07, 6.45) is 6.34. The van der Waals surface area contributed by atoms with Crippen LogP contribution in [0, 0.1) is 0 Å². The highest BCUT2D eigenvalue weighted by atomic mass is 15.1. The van der Waals surface area contributed by atoms with Gasteiger partial charge in [-0.1, -0.05) is 6.07 Å². The molecule has 2 aromatic heterocycles. The highest BCUT2D eigenvalue weighted by Gasteiger charge is 2.37. The molecule has 0 atom stereocenters. The molecule has 2 N–H and O–H groups in total. The normalized spacial score (nSPS) is 21.7. The number of fused-ring (bicyclic) bond motifs is 1. The summed E-state index contributed by atoms with van der Waals surface area (Å²) in [5, 5.41) is 7.45. The molecule has 0 bridgehead atoms. The quantitative estimate of drug-likeness (QED) is 0.911. The van der Waals surface area contributed by atoms with E-state index in [1.54, 1.807) is 0 Å². The van der Waals surface area contributed by atoms with E-state index in [1.165, 1.54) is 5.69 Å². The summed E-state index contributed by atoms with van der Waals surface area (Å²) in [7, 11) is 0. The third-order valence-corrected chi connectivity index (χ3v) is 4.26. The number of imidazole rings is 1. The van der Waals surface area contributed by atoms with Crippen molar-refractivity contribution in [3.63, 3.8) is 0 Å². The van der Waals surface area contributed by atoms with Gasteiger partial charge < -0.3 is 15.0 Å². The van der Waals surface area contributed by atoms with Crippen LogP contribution < -0.4 is 10.6 Å². The maximum atomic E-state index is 4.45. The van der Waals surface area contributed by atoms with Crippen molar-refractivity contribution in [1.82, 2.24) is 20.0 Å². The molecule has 0 saturated carbocycles. The standard InChI is InChI=1S/C17H26N4/c1-16(2)9-13(10-17(3,4)20-16)18-11-14-12-19-15-7-5-6-8-21(14)15/h5-8,12-13,18,20H,9-11H2,1-4H3. The topological polar surface area (TPSA) is 41.4 Å². The van der Waals surface area contributed by atoms with Crippen LogP contribution in [0.5, 0.6) is 0 Å². The number of nitrogens with zero attached hydrogens (tertiary/aromatic N) is 2. The van der Waals surface area contributed by atoms with Crippen molar-refractivity contribution in [2.24, 2.45) is 0 Å². The molecule has 0 spiro atoms. The molecule has 0 amide bonds. The van der Waals surface area contributed by atoms with Crippen molar-refractivity contribution in [1.29, 1.82) is 0 Å². The van der Waals surface area contributed by atoms with E-state index in [2.05, 4.69) is 60.0 Å². The minimum absolute atomic E-state index is 0.179. The molecule has 1 fully saturated rings. The van der Waals surface area contributed by atoms with Gasteiger partial charge in [-0.25, -0.2) is 4.98 Å². The molecule has 4 heteroatoms. The Balaban J connectivity index is 1.70. The second-order valence-electron chi connectivity index (χ2n) is 7.56. The first-order valence-electron chi connectivity index (χ1n) is 7.78. The summed E-state index contributed by atoms with van der Waals surface area (Å²) in [4.78, 5) is 4.45. The predicted octanol–water partition coefficient (Wildman–Crippen LogP) is 2.73. The van der Waals surface area contributed by atoms with Crippen LogP contribution in [0.25, 0.3) is 5.65 Å². The van der Waals surface area contributed by atoms with Crippen LogP contribution in [-0.2, 0) is 6.54 Å². The number of hydrogen-bond donors (Lipinski definition) is 2. The van der Waals surface area contributed by atoms with E-state index in [0.717, 1.165) is 25.0 Å². The minimum Gasteiger partial charge on any atom is -0.308 e. The van der Waals surface area contributed by atoms with Gasteiger partial charge in [-0.05, 0) is 52.7 Å². The second kappa shape index (κ2) is 5.11. The fourth-order valence-corrected chi connectivity index (χ4v) is 3.83. The Morgan fingerprint density at radius 1 is 1.24 bits per heavy atom. The molecule has 0 aromatic carbocycles. The first-order valence-corrected chi connectivity index (χ1v) is 7.78. The molecular formula is C17H26N4. The first kappa shape index (κ1) is 14.5. The van der Waals surface area contributed by atoms with Crippen molar-refractivity contribution in [3.05, 3.63) is 36.3 Å². The average molecular weight is 286 g/mol. The highest BCUT2D eigenvalue weighted by Crippen LogP contribution is 2.28. The van der Waals surface area contributed by atoms with Crippen LogP contribution in [0.15, 0.2) is 30.6 Å². The summed E-state index contributed by atoms with van der Waals surface area (Å²) in [6, 6.07) is 6.65. The van der Waals surface area contributed by atoms with E-state index >= 15 is 0 Å². The minimum atomic E-state index is 0.179. The van der Waals surface area contributed by atoms with Gasteiger partial charge in [-0.2, -0.15) is 0 Å². The molecule has 3 heterocycles. The van der Waals surface area contributed by atoms with Crippen molar-refractivity contribution in [2.75, 3.05) is 0 Å². The number of aromatic nitrogens is 2. The smallest absolute Gasteiger partial charge is 0.136 e. The van der Waals surface area contributed by atoms with E-state index in [0.29, 0.717) is 6.04 Å². The van der Waals surface area contributed by atoms with E-state index in [-0.39, 0.29) is 11.1 Å². The van der Waals surface area contributed by atoms with Crippen LogP contribution in [0.4, 0.5) is 0 Å². The molecule has 1 aliphatic rings. The zero-order chi connectivity index (χ0) is 15.1. The Bertz CT molecular complexity index is 611. The number of nitrogens with one attached hydrogen (secondary N) is 2. The lowest BCUT2D eigenvalue weighted by atomic mass is 9.79. The van der Waals surface area contributed by atoms with Crippen LogP contribution >= 0.6 is 0 Å². The van der Waals surface area contributed by atoms with E-state index in [9.17, 15) is 0 Å². The van der Waals surface area contributed by atoms with Gasteiger partial charge in [0, 0.05) is 29.9 Å². The fourth-order valence-electron chi connectivity index (χ4n) is 3.83. The fraction of sp³-hybridized carbons (Fsp3) is 0.588. The Hall–Kier alpha value is -1.39. The van der Waals surface area contributed by atoms with Gasteiger partial charge in [0.25, 0.3) is 0 Å². The molecule has 4 nitrogen and oxygen atoms in total. The van der Waals surface area contributed by atoms with Crippen molar-refractivity contribution >= 4 is 5.65 Å². The van der Waals surface area contributed by atoms with Gasteiger partial charge in [0.15, 0.2) is 0 Å². The third kappa shape index (κ3) is 3.27. The van der Waals surface area contributed by atoms with Gasteiger partial charge in [-0.15, -0.1) is 0 Å². The summed E-state index contributed by atoms with van der Waals surface area (Å²) in [6.45, 7) is 10.0. The number of rotatable bonds is 3. The lowest BCUT2D eigenvalue weighted by Crippen LogP contribution is -2.61. The van der Waals surface area contributed by atoms with Crippen LogP contribution in [0.2, 0.25) is 0 Å². The summed E-state index contributed by atoms with van der Waals surface area (Å²) in [5.74, 6) is 0. The molecule has 0 radical (unpaired) electrons. The van der Waals surface area contributed by atoms with Gasteiger partial charge >= 0.3 is 0 Å². The molecule has 1 saturated heterocycles.